The zero-order valence-electron chi connectivity index (χ0n) is 8.29. The van der Waals surface area contributed by atoms with E-state index in [1.807, 2.05) is 6.92 Å². The van der Waals surface area contributed by atoms with E-state index in [1.165, 1.54) is 7.11 Å². The zero-order valence-corrected chi connectivity index (χ0v) is 8.29. The lowest BCUT2D eigenvalue weighted by Gasteiger charge is -2.06. The first-order valence-corrected chi connectivity index (χ1v) is 4.34. The second-order valence-electron chi connectivity index (χ2n) is 3.14. The Bertz CT molecular complexity index is 623. The number of nitrogens with one attached hydrogen (secondary N) is 1. The van der Waals surface area contributed by atoms with Crippen LogP contribution in [0.1, 0.15) is 5.56 Å². The molecule has 1 aromatic heterocycles. The number of methoxy groups -OCH3 is 1. The van der Waals surface area contributed by atoms with E-state index in [0.29, 0.717) is 11.3 Å². The maximum absolute atomic E-state index is 11.5. The summed E-state index contributed by atoms with van der Waals surface area (Å²) in [4.78, 5) is 24.8. The minimum absolute atomic E-state index is 0.261. The van der Waals surface area contributed by atoms with Crippen molar-refractivity contribution < 1.29 is 9.15 Å². The van der Waals surface area contributed by atoms with E-state index in [0.717, 1.165) is 5.56 Å². The van der Waals surface area contributed by atoms with Gasteiger partial charge in [-0.15, -0.1) is 0 Å². The zero-order chi connectivity index (χ0) is 11.0. The minimum atomic E-state index is -0.765. The van der Waals surface area contributed by atoms with Crippen LogP contribution < -0.4 is 16.1 Å². The monoisotopic (exact) mass is 207 g/mol. The van der Waals surface area contributed by atoms with Gasteiger partial charge in [0, 0.05) is 0 Å². The quantitative estimate of drug-likeness (QED) is 0.750. The van der Waals surface area contributed by atoms with Gasteiger partial charge in [-0.3, -0.25) is 4.98 Å². The second-order valence-corrected chi connectivity index (χ2v) is 3.14. The summed E-state index contributed by atoms with van der Waals surface area (Å²) in [5.74, 6) is -0.337. The largest absolute Gasteiger partial charge is 0.495 e. The van der Waals surface area contributed by atoms with Crippen LogP contribution in [-0.2, 0) is 0 Å². The Morgan fingerprint density at radius 3 is 2.73 bits per heavy atom. The Morgan fingerprint density at radius 2 is 2.07 bits per heavy atom. The van der Waals surface area contributed by atoms with Gasteiger partial charge in [0.2, 0.25) is 0 Å². The molecule has 0 atom stereocenters. The van der Waals surface area contributed by atoms with Gasteiger partial charge >= 0.3 is 11.4 Å². The molecule has 0 amide bonds. The van der Waals surface area contributed by atoms with Gasteiger partial charge in [0.15, 0.2) is 0 Å². The van der Waals surface area contributed by atoms with E-state index >= 15 is 0 Å². The number of aryl methyl sites for hydroxylation is 1. The fourth-order valence-electron chi connectivity index (χ4n) is 1.53. The maximum atomic E-state index is 11.5. The van der Waals surface area contributed by atoms with Crippen LogP contribution in [0.2, 0.25) is 0 Å². The average molecular weight is 207 g/mol. The molecule has 2 aromatic rings. The van der Waals surface area contributed by atoms with Gasteiger partial charge in [0.25, 0.3) is 0 Å². The summed E-state index contributed by atoms with van der Waals surface area (Å²) in [7, 11) is 1.46. The summed E-state index contributed by atoms with van der Waals surface area (Å²) in [6, 6.07) is 3.40. The van der Waals surface area contributed by atoms with Gasteiger partial charge in [-0.25, -0.2) is 9.59 Å². The summed E-state index contributed by atoms with van der Waals surface area (Å²) in [6.07, 6.45) is 0. The van der Waals surface area contributed by atoms with Gasteiger partial charge in [0.05, 0.1) is 12.6 Å². The van der Waals surface area contributed by atoms with Crippen LogP contribution >= 0.6 is 0 Å². The number of H-pyrrole nitrogens is 1. The third-order valence-corrected chi connectivity index (χ3v) is 2.18. The van der Waals surface area contributed by atoms with Crippen LogP contribution in [0.5, 0.6) is 5.75 Å². The van der Waals surface area contributed by atoms with Crippen molar-refractivity contribution in [3.63, 3.8) is 0 Å². The fraction of sp³-hybridized carbons (Fsp3) is 0.200. The number of hydrogen-bond acceptors (Lipinski definition) is 4. The van der Waals surface area contributed by atoms with Gasteiger partial charge in [0.1, 0.15) is 11.1 Å². The standard InChI is InChI=1S/C10H9NO4/c1-5-3-4-6-7(8(5)14-2)9(12)15-10(13)11-6/h3-4H,1-2H3,(H,11,13). The molecule has 0 saturated carbocycles. The number of aromatic amines is 1. The summed E-state index contributed by atoms with van der Waals surface area (Å²) < 4.78 is 9.54. The Balaban J connectivity index is 3.05. The van der Waals surface area contributed by atoms with Crippen molar-refractivity contribution in [2.24, 2.45) is 0 Å². The fourth-order valence-corrected chi connectivity index (χ4v) is 1.53. The normalized spacial score (nSPS) is 10.5. The van der Waals surface area contributed by atoms with Crippen LogP contribution in [-0.4, -0.2) is 12.1 Å². The van der Waals surface area contributed by atoms with E-state index in [1.54, 1.807) is 12.1 Å². The van der Waals surface area contributed by atoms with Crippen LogP contribution in [0, 0.1) is 6.92 Å². The molecule has 0 bridgehead atoms. The van der Waals surface area contributed by atoms with Crippen LogP contribution in [0.3, 0.4) is 0 Å². The Hall–Kier alpha value is -2.04. The highest BCUT2D eigenvalue weighted by molar-refractivity contribution is 5.84. The molecule has 0 aliphatic carbocycles. The van der Waals surface area contributed by atoms with Crippen molar-refractivity contribution in [2.45, 2.75) is 6.92 Å². The molecular weight excluding hydrogens is 198 g/mol. The molecule has 0 aliphatic rings. The summed E-state index contributed by atoms with van der Waals surface area (Å²) in [6.45, 7) is 1.81. The molecule has 0 aliphatic heterocycles. The number of rotatable bonds is 1. The highest BCUT2D eigenvalue weighted by atomic mass is 16.5. The first kappa shape index (κ1) is 9.51. The smallest absolute Gasteiger partial charge is 0.419 e. The summed E-state index contributed by atoms with van der Waals surface area (Å²) in [5.41, 5.74) is 0.539. The maximum Gasteiger partial charge on any atom is 0.419 e. The highest BCUT2D eigenvalue weighted by Crippen LogP contribution is 2.24. The van der Waals surface area contributed by atoms with E-state index in [9.17, 15) is 9.59 Å². The predicted molar refractivity (Wildman–Crippen MR) is 54.4 cm³/mol. The highest BCUT2D eigenvalue weighted by Gasteiger charge is 2.10. The van der Waals surface area contributed by atoms with E-state index in [2.05, 4.69) is 9.40 Å². The molecule has 0 spiro atoms. The van der Waals surface area contributed by atoms with Crippen molar-refractivity contribution in [3.05, 3.63) is 38.7 Å². The van der Waals surface area contributed by atoms with Crippen LogP contribution in [0.4, 0.5) is 0 Å². The molecule has 0 saturated heterocycles. The SMILES string of the molecule is COc1c(C)ccc2[nH]c(=O)oc(=O)c12. The molecule has 0 fully saturated rings. The number of fused-ring (bicyclic) bond motifs is 1. The molecule has 1 heterocycles. The van der Waals surface area contributed by atoms with Gasteiger partial charge < -0.3 is 9.15 Å². The third kappa shape index (κ3) is 1.41. The molecule has 78 valence electrons. The Morgan fingerprint density at radius 1 is 1.33 bits per heavy atom. The topological polar surface area (TPSA) is 72.3 Å². The lowest BCUT2D eigenvalue weighted by Crippen LogP contribution is -2.15. The van der Waals surface area contributed by atoms with E-state index < -0.39 is 11.4 Å². The van der Waals surface area contributed by atoms with Crippen molar-refractivity contribution >= 4 is 10.9 Å². The molecule has 15 heavy (non-hydrogen) atoms. The van der Waals surface area contributed by atoms with Crippen molar-refractivity contribution in [2.75, 3.05) is 7.11 Å². The number of ether oxygens (including phenoxy) is 1. The third-order valence-electron chi connectivity index (χ3n) is 2.18. The molecule has 1 aromatic carbocycles. The first-order valence-electron chi connectivity index (χ1n) is 4.34. The number of aromatic nitrogens is 1. The summed E-state index contributed by atoms with van der Waals surface area (Å²) in [5, 5.41) is 0.261. The van der Waals surface area contributed by atoms with E-state index in [-0.39, 0.29) is 5.39 Å². The van der Waals surface area contributed by atoms with Crippen molar-refractivity contribution in [1.82, 2.24) is 4.98 Å². The van der Waals surface area contributed by atoms with Crippen molar-refractivity contribution in [3.8, 4) is 5.75 Å². The van der Waals surface area contributed by atoms with Crippen LogP contribution in [0.25, 0.3) is 10.9 Å². The number of benzene rings is 1. The lowest BCUT2D eigenvalue weighted by molar-refractivity contribution is 0.410. The van der Waals surface area contributed by atoms with E-state index in [4.69, 9.17) is 4.74 Å². The predicted octanol–water partition coefficient (Wildman–Crippen LogP) is 0.798. The number of hydrogen-bond donors (Lipinski definition) is 1. The van der Waals surface area contributed by atoms with Crippen molar-refractivity contribution in [1.29, 1.82) is 0 Å². The van der Waals surface area contributed by atoms with Gasteiger partial charge in [-0.05, 0) is 18.6 Å². The molecule has 1 N–H and O–H groups in total. The molecule has 5 nitrogen and oxygen atoms in total. The molecule has 0 radical (unpaired) electrons. The Labute approximate surface area is 84.3 Å². The second kappa shape index (κ2) is 3.27. The lowest BCUT2D eigenvalue weighted by atomic mass is 10.1. The minimum Gasteiger partial charge on any atom is -0.495 e. The van der Waals surface area contributed by atoms with Gasteiger partial charge in [-0.2, -0.15) is 0 Å². The molecular formula is C10H9NO4. The summed E-state index contributed by atoms with van der Waals surface area (Å²) >= 11 is 0. The van der Waals surface area contributed by atoms with Crippen LogP contribution in [0.15, 0.2) is 26.1 Å². The van der Waals surface area contributed by atoms with Gasteiger partial charge in [-0.1, -0.05) is 6.07 Å². The molecule has 5 heteroatoms. The Kier molecular flexibility index (Phi) is 2.07. The first-order chi connectivity index (χ1) is 7.13. The average Bonchev–Trinajstić information content (AvgIpc) is 2.18. The molecule has 2 rings (SSSR count). The molecule has 0 unspecified atom stereocenters.